The highest BCUT2D eigenvalue weighted by Crippen LogP contribution is 2.13. The van der Waals surface area contributed by atoms with Crippen LogP contribution in [-0.2, 0) is 9.53 Å². The summed E-state index contributed by atoms with van der Waals surface area (Å²) < 4.78 is 5.18. The van der Waals surface area contributed by atoms with Crippen LogP contribution < -0.4 is 5.73 Å². The van der Waals surface area contributed by atoms with Gasteiger partial charge in [-0.15, -0.1) is 0 Å². The van der Waals surface area contributed by atoms with Crippen molar-refractivity contribution < 1.29 is 9.53 Å². The quantitative estimate of drug-likeness (QED) is 0.717. The molecule has 0 saturated carbocycles. The summed E-state index contributed by atoms with van der Waals surface area (Å²) in [5.74, 6) is 0.0600. The molecule has 1 rings (SSSR count). The fourth-order valence-electron chi connectivity index (χ4n) is 1.45. The van der Waals surface area contributed by atoms with Crippen LogP contribution >= 0.6 is 0 Å². The SMILES string of the molecule is CCCOCC(=O)CC(N)c1ccccc1. The Labute approximate surface area is 96.6 Å². The van der Waals surface area contributed by atoms with Gasteiger partial charge in [0.15, 0.2) is 5.78 Å². The Morgan fingerprint density at radius 1 is 1.38 bits per heavy atom. The van der Waals surface area contributed by atoms with Crippen LogP contribution in [0.4, 0.5) is 0 Å². The van der Waals surface area contributed by atoms with Gasteiger partial charge in [0, 0.05) is 19.1 Å². The summed E-state index contributed by atoms with van der Waals surface area (Å²) in [4.78, 5) is 11.5. The van der Waals surface area contributed by atoms with Crippen molar-refractivity contribution in [1.82, 2.24) is 0 Å². The Morgan fingerprint density at radius 3 is 2.69 bits per heavy atom. The molecule has 0 saturated heterocycles. The maximum Gasteiger partial charge on any atom is 0.160 e. The molecule has 88 valence electrons. The monoisotopic (exact) mass is 221 g/mol. The third-order valence-electron chi connectivity index (χ3n) is 2.29. The summed E-state index contributed by atoms with van der Waals surface area (Å²) in [5, 5.41) is 0. The van der Waals surface area contributed by atoms with Gasteiger partial charge in [0.1, 0.15) is 6.61 Å². The van der Waals surface area contributed by atoms with Gasteiger partial charge in [0.25, 0.3) is 0 Å². The summed E-state index contributed by atoms with van der Waals surface area (Å²) in [5.41, 5.74) is 6.92. The molecule has 16 heavy (non-hydrogen) atoms. The van der Waals surface area contributed by atoms with Crippen molar-refractivity contribution in [3.8, 4) is 0 Å². The van der Waals surface area contributed by atoms with Crippen LogP contribution in [0.25, 0.3) is 0 Å². The lowest BCUT2D eigenvalue weighted by Crippen LogP contribution is -2.18. The molecule has 0 aliphatic heterocycles. The van der Waals surface area contributed by atoms with Crippen LogP contribution in [0.5, 0.6) is 0 Å². The second kappa shape index (κ2) is 7.14. The van der Waals surface area contributed by atoms with E-state index in [0.29, 0.717) is 13.0 Å². The first-order chi connectivity index (χ1) is 7.74. The van der Waals surface area contributed by atoms with Gasteiger partial charge in [-0.3, -0.25) is 4.79 Å². The number of benzene rings is 1. The molecule has 1 unspecified atom stereocenters. The summed E-state index contributed by atoms with van der Waals surface area (Å²) in [6, 6.07) is 9.43. The highest BCUT2D eigenvalue weighted by molar-refractivity contribution is 5.80. The smallest absolute Gasteiger partial charge is 0.160 e. The summed E-state index contributed by atoms with van der Waals surface area (Å²) in [6.45, 7) is 2.82. The topological polar surface area (TPSA) is 52.3 Å². The third kappa shape index (κ3) is 4.55. The Morgan fingerprint density at radius 2 is 2.06 bits per heavy atom. The van der Waals surface area contributed by atoms with E-state index in [2.05, 4.69) is 0 Å². The average molecular weight is 221 g/mol. The Bertz CT molecular complexity index is 311. The van der Waals surface area contributed by atoms with Crippen molar-refractivity contribution >= 4 is 5.78 Å². The zero-order chi connectivity index (χ0) is 11.8. The molecule has 0 aromatic heterocycles. The molecule has 0 amide bonds. The van der Waals surface area contributed by atoms with Gasteiger partial charge < -0.3 is 10.5 Å². The summed E-state index contributed by atoms with van der Waals surface area (Å²) in [6.07, 6.45) is 1.27. The van der Waals surface area contributed by atoms with E-state index >= 15 is 0 Å². The van der Waals surface area contributed by atoms with Crippen molar-refractivity contribution in [2.75, 3.05) is 13.2 Å². The van der Waals surface area contributed by atoms with Crippen molar-refractivity contribution in [3.05, 3.63) is 35.9 Å². The first kappa shape index (κ1) is 12.9. The number of hydrogen-bond donors (Lipinski definition) is 1. The van der Waals surface area contributed by atoms with Gasteiger partial charge in [-0.05, 0) is 12.0 Å². The number of rotatable bonds is 7. The van der Waals surface area contributed by atoms with Crippen LogP contribution in [0.2, 0.25) is 0 Å². The molecule has 3 heteroatoms. The minimum atomic E-state index is -0.223. The number of hydrogen-bond acceptors (Lipinski definition) is 3. The fourth-order valence-corrected chi connectivity index (χ4v) is 1.45. The second-order valence-electron chi connectivity index (χ2n) is 3.81. The van der Waals surface area contributed by atoms with Gasteiger partial charge in [-0.25, -0.2) is 0 Å². The predicted octanol–water partition coefficient (Wildman–Crippen LogP) is 2.07. The highest BCUT2D eigenvalue weighted by Gasteiger charge is 2.11. The fraction of sp³-hybridized carbons (Fsp3) is 0.462. The van der Waals surface area contributed by atoms with Crippen LogP contribution in [-0.4, -0.2) is 19.0 Å². The molecule has 1 aromatic rings. The number of carbonyl (C=O) groups excluding carboxylic acids is 1. The van der Waals surface area contributed by atoms with Crippen LogP contribution in [0.3, 0.4) is 0 Å². The molecule has 3 nitrogen and oxygen atoms in total. The first-order valence-electron chi connectivity index (χ1n) is 5.64. The van der Waals surface area contributed by atoms with Crippen LogP contribution in [0.15, 0.2) is 30.3 Å². The van der Waals surface area contributed by atoms with Crippen molar-refractivity contribution in [2.45, 2.75) is 25.8 Å². The third-order valence-corrected chi connectivity index (χ3v) is 2.29. The lowest BCUT2D eigenvalue weighted by Gasteiger charge is -2.10. The lowest BCUT2D eigenvalue weighted by atomic mass is 10.0. The van der Waals surface area contributed by atoms with Crippen molar-refractivity contribution in [1.29, 1.82) is 0 Å². The molecule has 1 atom stereocenters. The number of carbonyl (C=O) groups is 1. The first-order valence-corrected chi connectivity index (χ1v) is 5.64. The number of nitrogens with two attached hydrogens (primary N) is 1. The predicted molar refractivity (Wildman–Crippen MR) is 64.1 cm³/mol. The maximum atomic E-state index is 11.5. The minimum Gasteiger partial charge on any atom is -0.374 e. The largest absolute Gasteiger partial charge is 0.374 e. The molecule has 0 bridgehead atoms. The molecular formula is C13H19NO2. The number of ketones is 1. The Kier molecular flexibility index (Phi) is 5.75. The maximum absolute atomic E-state index is 11.5. The second-order valence-corrected chi connectivity index (χ2v) is 3.81. The van der Waals surface area contributed by atoms with E-state index in [1.54, 1.807) is 0 Å². The van der Waals surface area contributed by atoms with Crippen molar-refractivity contribution in [3.63, 3.8) is 0 Å². The van der Waals surface area contributed by atoms with Crippen molar-refractivity contribution in [2.24, 2.45) is 5.73 Å². The zero-order valence-corrected chi connectivity index (χ0v) is 9.69. The highest BCUT2D eigenvalue weighted by atomic mass is 16.5. The molecule has 0 fully saturated rings. The minimum absolute atomic E-state index is 0.0600. The van der Waals surface area contributed by atoms with E-state index in [1.807, 2.05) is 37.3 Å². The van der Waals surface area contributed by atoms with Gasteiger partial charge in [-0.1, -0.05) is 37.3 Å². The molecule has 0 radical (unpaired) electrons. The number of Topliss-reactive ketones (excluding diaryl/α,β-unsaturated/α-hetero) is 1. The Balaban J connectivity index is 2.34. The van der Waals surface area contributed by atoms with Crippen LogP contribution in [0.1, 0.15) is 31.4 Å². The van der Waals surface area contributed by atoms with E-state index in [9.17, 15) is 4.79 Å². The van der Waals surface area contributed by atoms with E-state index in [1.165, 1.54) is 0 Å². The molecule has 0 spiro atoms. The molecule has 0 heterocycles. The van der Waals surface area contributed by atoms with E-state index in [-0.39, 0.29) is 18.4 Å². The van der Waals surface area contributed by atoms with E-state index in [0.717, 1.165) is 12.0 Å². The lowest BCUT2D eigenvalue weighted by molar-refractivity contribution is -0.123. The number of ether oxygens (including phenoxy) is 1. The normalized spacial score (nSPS) is 12.4. The summed E-state index contributed by atoms with van der Waals surface area (Å²) in [7, 11) is 0. The van der Waals surface area contributed by atoms with E-state index < -0.39 is 0 Å². The van der Waals surface area contributed by atoms with Gasteiger partial charge in [0.05, 0.1) is 0 Å². The molecule has 2 N–H and O–H groups in total. The molecule has 0 aliphatic rings. The zero-order valence-electron chi connectivity index (χ0n) is 9.69. The molecule has 0 aliphatic carbocycles. The standard InChI is InChI=1S/C13H19NO2/c1-2-8-16-10-12(15)9-13(14)11-6-4-3-5-7-11/h3-7,13H,2,8-10,14H2,1H3. The summed E-state index contributed by atoms with van der Waals surface area (Å²) >= 11 is 0. The van der Waals surface area contributed by atoms with Gasteiger partial charge in [0.2, 0.25) is 0 Å². The molecule has 1 aromatic carbocycles. The van der Waals surface area contributed by atoms with Crippen LogP contribution in [0, 0.1) is 0 Å². The van der Waals surface area contributed by atoms with Gasteiger partial charge in [-0.2, -0.15) is 0 Å². The van der Waals surface area contributed by atoms with E-state index in [4.69, 9.17) is 10.5 Å². The van der Waals surface area contributed by atoms with Gasteiger partial charge >= 0.3 is 0 Å². The Hall–Kier alpha value is -1.19. The molecular weight excluding hydrogens is 202 g/mol. The average Bonchev–Trinajstić information content (AvgIpc) is 2.30.